The lowest BCUT2D eigenvalue weighted by molar-refractivity contribution is 0.0376. The fourth-order valence-electron chi connectivity index (χ4n) is 3.85. The predicted molar refractivity (Wildman–Crippen MR) is 128 cm³/mol. The van der Waals surface area contributed by atoms with Crippen LogP contribution in [0.2, 0.25) is 0 Å². The molecule has 2 aromatic carbocycles. The Morgan fingerprint density at radius 2 is 1.88 bits per heavy atom. The Morgan fingerprint density at radius 1 is 1.16 bits per heavy atom. The number of aromatic nitrogens is 1. The number of rotatable bonds is 6. The van der Waals surface area contributed by atoms with Crippen molar-refractivity contribution in [2.24, 2.45) is 0 Å². The summed E-state index contributed by atoms with van der Waals surface area (Å²) < 4.78 is 20.4. The summed E-state index contributed by atoms with van der Waals surface area (Å²) in [5.41, 5.74) is 2.13. The van der Waals surface area contributed by atoms with Crippen molar-refractivity contribution in [1.29, 1.82) is 0 Å². The molecule has 1 amide bonds. The number of halogens is 1. The van der Waals surface area contributed by atoms with Crippen LogP contribution in [0.3, 0.4) is 0 Å². The lowest BCUT2D eigenvalue weighted by Gasteiger charge is -2.28. The van der Waals surface area contributed by atoms with Crippen LogP contribution in [0, 0.1) is 5.82 Å². The standard InChI is InChI=1S/C25H30FN3O2S/c1-25(2,3)19-10-8-18(9-11-19)23(30)29(13-5-12-28-14-16-31-17-15-28)24-27-22-20(26)6-4-7-21(22)32-24/h4,6-11H,5,12-17H2,1-3H3. The zero-order chi connectivity index (χ0) is 22.7. The number of fused-ring (bicyclic) bond motifs is 1. The summed E-state index contributed by atoms with van der Waals surface area (Å²) in [6.45, 7) is 11.2. The number of carbonyl (C=O) groups is 1. The summed E-state index contributed by atoms with van der Waals surface area (Å²) in [6, 6.07) is 12.7. The van der Waals surface area contributed by atoms with Crippen LogP contribution in [0.15, 0.2) is 42.5 Å². The second-order valence-corrected chi connectivity index (χ2v) is 10.2. The minimum absolute atomic E-state index is 0.0178. The van der Waals surface area contributed by atoms with E-state index < -0.39 is 0 Å². The maximum atomic E-state index is 14.3. The fourth-order valence-corrected chi connectivity index (χ4v) is 4.85. The first kappa shape index (κ1) is 22.8. The molecule has 4 rings (SSSR count). The highest BCUT2D eigenvalue weighted by Crippen LogP contribution is 2.31. The molecule has 0 spiro atoms. The highest BCUT2D eigenvalue weighted by Gasteiger charge is 2.23. The Kier molecular flexibility index (Phi) is 6.88. The molecule has 1 aliphatic rings. The van der Waals surface area contributed by atoms with Crippen LogP contribution >= 0.6 is 11.3 Å². The Bertz CT molecular complexity index is 1070. The fraction of sp³-hybridized carbons (Fsp3) is 0.440. The average molecular weight is 456 g/mol. The van der Waals surface area contributed by atoms with Gasteiger partial charge in [0.1, 0.15) is 11.3 Å². The number of anilines is 1. The minimum Gasteiger partial charge on any atom is -0.379 e. The van der Waals surface area contributed by atoms with Crippen LogP contribution in [-0.2, 0) is 10.2 Å². The molecule has 1 aliphatic heterocycles. The molecule has 32 heavy (non-hydrogen) atoms. The third kappa shape index (κ3) is 5.17. The third-order valence-electron chi connectivity index (χ3n) is 5.79. The monoisotopic (exact) mass is 455 g/mol. The highest BCUT2D eigenvalue weighted by molar-refractivity contribution is 7.22. The number of hydrogen-bond acceptors (Lipinski definition) is 5. The molecule has 0 saturated carbocycles. The maximum absolute atomic E-state index is 14.3. The van der Waals surface area contributed by atoms with Crippen LogP contribution in [0.1, 0.15) is 43.1 Å². The van der Waals surface area contributed by atoms with Gasteiger partial charge >= 0.3 is 0 Å². The van der Waals surface area contributed by atoms with Crippen LogP contribution < -0.4 is 4.90 Å². The average Bonchev–Trinajstić information content (AvgIpc) is 3.22. The van der Waals surface area contributed by atoms with Gasteiger partial charge in [-0.05, 0) is 41.7 Å². The number of nitrogens with zero attached hydrogens (tertiary/aromatic N) is 3. The minimum atomic E-state index is -0.361. The molecule has 0 atom stereocenters. The largest absolute Gasteiger partial charge is 0.379 e. The number of morpholine rings is 1. The lowest BCUT2D eigenvalue weighted by Crippen LogP contribution is -2.39. The summed E-state index contributed by atoms with van der Waals surface area (Å²) in [5.74, 6) is -0.466. The summed E-state index contributed by atoms with van der Waals surface area (Å²) in [4.78, 5) is 22.1. The number of ether oxygens (including phenoxy) is 1. The summed E-state index contributed by atoms with van der Waals surface area (Å²) in [7, 11) is 0. The van der Waals surface area contributed by atoms with Gasteiger partial charge in [-0.2, -0.15) is 0 Å². The first-order valence-corrected chi connectivity index (χ1v) is 11.9. The molecular weight excluding hydrogens is 425 g/mol. The van der Waals surface area contributed by atoms with Crippen molar-refractivity contribution in [3.05, 3.63) is 59.4 Å². The number of amides is 1. The van der Waals surface area contributed by atoms with Crippen LogP contribution in [0.4, 0.5) is 9.52 Å². The van der Waals surface area contributed by atoms with Gasteiger partial charge in [-0.3, -0.25) is 14.6 Å². The highest BCUT2D eigenvalue weighted by atomic mass is 32.1. The number of thiazole rings is 1. The number of para-hydroxylation sites is 1. The van der Waals surface area contributed by atoms with E-state index in [1.54, 1.807) is 11.0 Å². The van der Waals surface area contributed by atoms with Gasteiger partial charge in [0.2, 0.25) is 0 Å². The second kappa shape index (κ2) is 9.65. The quantitative estimate of drug-likeness (QED) is 0.519. The molecule has 2 heterocycles. The van der Waals surface area contributed by atoms with Crippen LogP contribution in [-0.4, -0.2) is 55.2 Å². The number of carbonyl (C=O) groups excluding carboxylic acids is 1. The van der Waals surface area contributed by atoms with Crippen molar-refractivity contribution in [3.8, 4) is 0 Å². The van der Waals surface area contributed by atoms with Crippen LogP contribution in [0.25, 0.3) is 10.2 Å². The van der Waals surface area contributed by atoms with Gasteiger partial charge in [0.05, 0.1) is 17.9 Å². The zero-order valence-electron chi connectivity index (χ0n) is 18.9. The second-order valence-electron chi connectivity index (χ2n) is 9.17. The van der Waals surface area contributed by atoms with Crippen molar-refractivity contribution >= 4 is 32.6 Å². The smallest absolute Gasteiger partial charge is 0.260 e. The first-order chi connectivity index (χ1) is 15.3. The van der Waals surface area contributed by atoms with E-state index in [4.69, 9.17) is 4.74 Å². The van der Waals surface area contributed by atoms with Gasteiger partial charge < -0.3 is 4.74 Å². The summed E-state index contributed by atoms with van der Waals surface area (Å²) in [5, 5.41) is 0.539. The molecule has 0 N–H and O–H groups in total. The van der Waals surface area contributed by atoms with Gasteiger partial charge in [-0.25, -0.2) is 9.37 Å². The first-order valence-electron chi connectivity index (χ1n) is 11.1. The van der Waals surface area contributed by atoms with Gasteiger partial charge in [0, 0.05) is 31.7 Å². The zero-order valence-corrected chi connectivity index (χ0v) is 19.8. The topological polar surface area (TPSA) is 45.7 Å². The Labute approximate surface area is 192 Å². The van der Waals surface area contributed by atoms with E-state index in [1.165, 1.54) is 23.0 Å². The van der Waals surface area contributed by atoms with Gasteiger partial charge in [0.15, 0.2) is 5.13 Å². The van der Waals surface area contributed by atoms with E-state index in [0.29, 0.717) is 22.8 Å². The SMILES string of the molecule is CC(C)(C)c1ccc(C(=O)N(CCCN2CCOCC2)c2nc3c(F)cccc3s2)cc1. The van der Waals surface area contributed by atoms with E-state index in [1.807, 2.05) is 30.3 Å². The Balaban J connectivity index is 1.58. The third-order valence-corrected chi connectivity index (χ3v) is 6.84. The van der Waals surface area contributed by atoms with E-state index in [9.17, 15) is 9.18 Å². The molecule has 0 unspecified atom stereocenters. The van der Waals surface area contributed by atoms with Crippen molar-refractivity contribution < 1.29 is 13.9 Å². The van der Waals surface area contributed by atoms with E-state index >= 15 is 0 Å². The summed E-state index contributed by atoms with van der Waals surface area (Å²) >= 11 is 1.36. The van der Waals surface area contributed by atoms with Crippen LogP contribution in [0.5, 0.6) is 0 Å². The molecule has 0 bridgehead atoms. The molecule has 7 heteroatoms. The van der Waals surface area contributed by atoms with Gasteiger partial charge in [0.25, 0.3) is 5.91 Å². The molecule has 0 radical (unpaired) electrons. The Morgan fingerprint density at radius 3 is 2.53 bits per heavy atom. The molecular formula is C25H30FN3O2S. The van der Waals surface area contributed by atoms with Gasteiger partial charge in [-0.1, -0.05) is 50.3 Å². The molecule has 3 aromatic rings. The number of benzene rings is 2. The maximum Gasteiger partial charge on any atom is 0.260 e. The molecule has 1 aromatic heterocycles. The van der Waals surface area contributed by atoms with Crippen molar-refractivity contribution in [3.63, 3.8) is 0 Å². The Hall–Kier alpha value is -2.35. The van der Waals surface area contributed by atoms with E-state index in [0.717, 1.165) is 44.0 Å². The lowest BCUT2D eigenvalue weighted by atomic mass is 9.86. The normalized spacial score (nSPS) is 15.2. The van der Waals surface area contributed by atoms with Crippen molar-refractivity contribution in [2.75, 3.05) is 44.3 Å². The van der Waals surface area contributed by atoms with E-state index in [-0.39, 0.29) is 17.1 Å². The predicted octanol–water partition coefficient (Wildman–Crippen LogP) is 5.10. The molecule has 1 fully saturated rings. The van der Waals surface area contributed by atoms with Crippen molar-refractivity contribution in [1.82, 2.24) is 9.88 Å². The molecule has 1 saturated heterocycles. The molecule has 0 aliphatic carbocycles. The molecule has 5 nitrogen and oxygen atoms in total. The van der Waals surface area contributed by atoms with E-state index in [2.05, 4.69) is 30.7 Å². The van der Waals surface area contributed by atoms with Crippen molar-refractivity contribution in [2.45, 2.75) is 32.6 Å². The molecule has 170 valence electrons. The van der Waals surface area contributed by atoms with Gasteiger partial charge in [-0.15, -0.1) is 0 Å². The number of hydrogen-bond donors (Lipinski definition) is 0. The summed E-state index contributed by atoms with van der Waals surface area (Å²) in [6.07, 6.45) is 0.810.